The Kier molecular flexibility index (Phi) is 4.19. The van der Waals surface area contributed by atoms with Crippen LogP contribution in [0.5, 0.6) is 0 Å². The van der Waals surface area contributed by atoms with Crippen LogP contribution in [0.15, 0.2) is 23.1 Å². The largest absolute Gasteiger partial charge is 0.307 e. The van der Waals surface area contributed by atoms with Crippen LogP contribution in [0.3, 0.4) is 0 Å². The van der Waals surface area contributed by atoms with Crippen molar-refractivity contribution >= 4 is 40.3 Å². The van der Waals surface area contributed by atoms with E-state index in [2.05, 4.69) is 37.4 Å². The number of amides is 1. The molecule has 94 valence electrons. The van der Waals surface area contributed by atoms with Crippen molar-refractivity contribution < 1.29 is 4.79 Å². The normalized spacial score (nSPS) is 17.3. The fourth-order valence-corrected chi connectivity index (χ4v) is 2.94. The maximum atomic E-state index is 11.7. The third-order valence-electron chi connectivity index (χ3n) is 2.75. The molecular weight excluding hydrogens is 262 g/mol. The molecule has 2 nitrogen and oxygen atoms in total. The third-order valence-corrected chi connectivity index (χ3v) is 3.91. The van der Waals surface area contributed by atoms with Gasteiger partial charge in [-0.25, -0.2) is 0 Å². The van der Waals surface area contributed by atoms with Gasteiger partial charge in [0.1, 0.15) is 4.32 Å². The van der Waals surface area contributed by atoms with Gasteiger partial charge < -0.3 is 5.32 Å². The molecule has 1 heterocycles. The fourth-order valence-electron chi connectivity index (χ4n) is 1.91. The van der Waals surface area contributed by atoms with E-state index in [0.29, 0.717) is 9.23 Å². The summed E-state index contributed by atoms with van der Waals surface area (Å²) in [5.41, 5.74) is 3.61. The summed E-state index contributed by atoms with van der Waals surface area (Å²) >= 11 is 6.32. The van der Waals surface area contributed by atoms with Crippen molar-refractivity contribution in [2.24, 2.45) is 0 Å². The lowest BCUT2D eigenvalue weighted by Gasteiger charge is -2.06. The fraction of sp³-hybridized carbons (Fsp3) is 0.286. The van der Waals surface area contributed by atoms with Gasteiger partial charge in [0.25, 0.3) is 5.91 Å². The summed E-state index contributed by atoms with van der Waals surface area (Å²) in [4.78, 5) is 12.3. The molecule has 0 radical (unpaired) electrons. The molecule has 0 aliphatic carbocycles. The lowest BCUT2D eigenvalue weighted by molar-refractivity contribution is -0.115. The molecule has 4 heteroatoms. The Morgan fingerprint density at radius 2 is 2.22 bits per heavy atom. The molecule has 0 spiro atoms. The number of carbonyl (C=O) groups is 1. The van der Waals surface area contributed by atoms with Crippen molar-refractivity contribution in [2.75, 3.05) is 0 Å². The Hall–Kier alpha value is -1.13. The van der Waals surface area contributed by atoms with Crippen LogP contribution in [0, 0.1) is 6.92 Å². The first kappa shape index (κ1) is 13.3. The molecule has 1 saturated heterocycles. The number of thioether (sulfide) groups is 1. The van der Waals surface area contributed by atoms with Crippen molar-refractivity contribution in [3.63, 3.8) is 0 Å². The van der Waals surface area contributed by atoms with E-state index in [9.17, 15) is 4.79 Å². The molecule has 1 aliphatic heterocycles. The average Bonchev–Trinajstić information content (AvgIpc) is 2.61. The molecule has 0 atom stereocenters. The topological polar surface area (TPSA) is 29.1 Å². The van der Waals surface area contributed by atoms with Crippen LogP contribution in [-0.4, -0.2) is 10.2 Å². The summed E-state index contributed by atoms with van der Waals surface area (Å²) in [5, 5.41) is 2.64. The Morgan fingerprint density at radius 1 is 1.44 bits per heavy atom. The van der Waals surface area contributed by atoms with E-state index in [1.807, 2.05) is 6.08 Å². The van der Waals surface area contributed by atoms with Crippen LogP contribution >= 0.6 is 24.0 Å². The van der Waals surface area contributed by atoms with Crippen LogP contribution in [0.4, 0.5) is 0 Å². The maximum absolute atomic E-state index is 11.7. The molecule has 1 aromatic rings. The van der Waals surface area contributed by atoms with E-state index in [-0.39, 0.29) is 5.91 Å². The lowest BCUT2D eigenvalue weighted by atomic mass is 10.0. The van der Waals surface area contributed by atoms with Crippen LogP contribution in [-0.2, 0) is 11.2 Å². The van der Waals surface area contributed by atoms with Gasteiger partial charge in [0.05, 0.1) is 4.91 Å². The van der Waals surface area contributed by atoms with Crippen molar-refractivity contribution in [3.05, 3.63) is 39.8 Å². The summed E-state index contributed by atoms with van der Waals surface area (Å²) in [6.07, 6.45) is 4.06. The quantitative estimate of drug-likeness (QED) is 0.678. The Morgan fingerprint density at radius 3 is 2.83 bits per heavy atom. The summed E-state index contributed by atoms with van der Waals surface area (Å²) < 4.78 is 0.538. The zero-order valence-corrected chi connectivity index (χ0v) is 12.1. The molecule has 1 N–H and O–H groups in total. The minimum atomic E-state index is -0.0889. The highest BCUT2D eigenvalue weighted by molar-refractivity contribution is 8.26. The molecule has 0 bridgehead atoms. The van der Waals surface area contributed by atoms with Crippen LogP contribution in [0.25, 0.3) is 6.08 Å². The SMILES string of the molecule is CCCc1ccc(C)cc1/C=C1\SC(=S)NC1=O. The molecule has 18 heavy (non-hydrogen) atoms. The van der Waals surface area contributed by atoms with E-state index < -0.39 is 0 Å². The van der Waals surface area contributed by atoms with Gasteiger partial charge in [0.15, 0.2) is 0 Å². The van der Waals surface area contributed by atoms with Gasteiger partial charge >= 0.3 is 0 Å². The highest BCUT2D eigenvalue weighted by atomic mass is 32.2. The number of benzene rings is 1. The lowest BCUT2D eigenvalue weighted by Crippen LogP contribution is -2.17. The second-order valence-electron chi connectivity index (χ2n) is 4.30. The van der Waals surface area contributed by atoms with Gasteiger partial charge in [-0.05, 0) is 30.5 Å². The highest BCUT2D eigenvalue weighted by Gasteiger charge is 2.22. The summed E-state index contributed by atoms with van der Waals surface area (Å²) in [6, 6.07) is 6.37. The number of aryl methyl sites for hydroxylation is 2. The number of rotatable bonds is 3. The number of carbonyl (C=O) groups excluding carboxylic acids is 1. The summed E-state index contributed by atoms with van der Waals surface area (Å²) in [5.74, 6) is -0.0889. The van der Waals surface area contributed by atoms with E-state index in [0.717, 1.165) is 18.4 Å². The van der Waals surface area contributed by atoms with Gasteiger partial charge in [-0.3, -0.25) is 4.79 Å². The maximum Gasteiger partial charge on any atom is 0.263 e. The summed E-state index contributed by atoms with van der Waals surface area (Å²) in [6.45, 7) is 4.22. The van der Waals surface area contributed by atoms with Crippen molar-refractivity contribution in [1.82, 2.24) is 5.32 Å². The van der Waals surface area contributed by atoms with E-state index in [1.54, 1.807) is 0 Å². The molecule has 1 aromatic carbocycles. The van der Waals surface area contributed by atoms with Gasteiger partial charge in [0, 0.05) is 0 Å². The van der Waals surface area contributed by atoms with Crippen molar-refractivity contribution in [3.8, 4) is 0 Å². The van der Waals surface area contributed by atoms with Crippen LogP contribution < -0.4 is 5.32 Å². The Balaban J connectivity index is 2.38. The number of hydrogen-bond donors (Lipinski definition) is 1. The van der Waals surface area contributed by atoms with Crippen molar-refractivity contribution in [1.29, 1.82) is 0 Å². The zero-order valence-electron chi connectivity index (χ0n) is 10.4. The van der Waals surface area contributed by atoms with Gasteiger partial charge in [-0.2, -0.15) is 0 Å². The smallest absolute Gasteiger partial charge is 0.263 e. The first-order valence-corrected chi connectivity index (χ1v) is 7.17. The van der Waals surface area contributed by atoms with Crippen molar-refractivity contribution in [2.45, 2.75) is 26.7 Å². The predicted molar refractivity (Wildman–Crippen MR) is 81.5 cm³/mol. The summed E-state index contributed by atoms with van der Waals surface area (Å²) in [7, 11) is 0. The number of thiocarbonyl (C=S) groups is 1. The minimum Gasteiger partial charge on any atom is -0.307 e. The predicted octanol–water partition coefficient (Wildman–Crippen LogP) is 3.44. The molecule has 0 aromatic heterocycles. The van der Waals surface area contributed by atoms with Gasteiger partial charge in [-0.1, -0.05) is 61.1 Å². The molecule has 1 aliphatic rings. The van der Waals surface area contributed by atoms with E-state index in [4.69, 9.17) is 12.2 Å². The number of hydrogen-bond acceptors (Lipinski definition) is 3. The first-order chi connectivity index (χ1) is 8.60. The van der Waals surface area contributed by atoms with E-state index >= 15 is 0 Å². The average molecular weight is 277 g/mol. The molecule has 2 rings (SSSR count). The second-order valence-corrected chi connectivity index (χ2v) is 6.02. The molecular formula is C14H15NOS2. The van der Waals surface area contributed by atoms with Gasteiger partial charge in [-0.15, -0.1) is 0 Å². The standard InChI is InChI=1S/C14H15NOS2/c1-3-4-10-6-5-9(2)7-11(10)8-12-13(16)15-14(17)18-12/h5-8H,3-4H2,1-2H3,(H,15,16,17)/b12-8-. The molecule has 0 saturated carbocycles. The second kappa shape index (κ2) is 5.67. The molecule has 1 amide bonds. The third kappa shape index (κ3) is 3.00. The molecule has 1 fully saturated rings. The van der Waals surface area contributed by atoms with Crippen LogP contribution in [0.2, 0.25) is 0 Å². The number of nitrogens with one attached hydrogen (secondary N) is 1. The molecule has 0 unspecified atom stereocenters. The van der Waals surface area contributed by atoms with Crippen LogP contribution in [0.1, 0.15) is 30.0 Å². The monoisotopic (exact) mass is 277 g/mol. The Labute approximate surface area is 117 Å². The van der Waals surface area contributed by atoms with E-state index in [1.165, 1.54) is 22.9 Å². The highest BCUT2D eigenvalue weighted by Crippen LogP contribution is 2.27. The minimum absolute atomic E-state index is 0.0889. The Bertz CT molecular complexity index is 535. The van der Waals surface area contributed by atoms with Gasteiger partial charge in [0.2, 0.25) is 0 Å². The zero-order chi connectivity index (χ0) is 13.1. The first-order valence-electron chi connectivity index (χ1n) is 5.94.